The second-order valence-electron chi connectivity index (χ2n) is 6.76. The molecule has 8 nitrogen and oxygen atoms in total. The summed E-state index contributed by atoms with van der Waals surface area (Å²) >= 11 is 0. The molecule has 0 bridgehead atoms. The number of H-pyrrole nitrogens is 1. The predicted octanol–water partition coefficient (Wildman–Crippen LogP) is 2.45. The number of hydrogen-bond donors (Lipinski definition) is 1. The summed E-state index contributed by atoms with van der Waals surface area (Å²) in [6.45, 7) is 4.32. The number of carbonyl (C=O) groups is 1. The maximum absolute atomic E-state index is 13.2. The zero-order chi connectivity index (χ0) is 18.5. The molecule has 27 heavy (non-hydrogen) atoms. The van der Waals surface area contributed by atoms with Crippen LogP contribution in [0.4, 0.5) is 0 Å². The molecule has 0 unspecified atom stereocenters. The molecular formula is C19H18N6O2. The van der Waals surface area contributed by atoms with Crippen molar-refractivity contribution in [3.8, 4) is 0 Å². The largest absolute Gasteiger partial charge is 0.438 e. The SMILES string of the molecule is Cc1ncoc1C(=O)N1CCc2[nH]cnc2[C@@H]1c1cc2cccc(C)n2n1. The van der Waals surface area contributed by atoms with Crippen molar-refractivity contribution in [1.82, 2.24) is 29.5 Å². The Hall–Kier alpha value is -3.42. The third-order valence-electron chi connectivity index (χ3n) is 5.10. The summed E-state index contributed by atoms with van der Waals surface area (Å²) in [5.41, 5.74) is 5.23. The van der Waals surface area contributed by atoms with Gasteiger partial charge in [-0.05, 0) is 32.0 Å². The molecule has 1 aliphatic rings. The van der Waals surface area contributed by atoms with Crippen LogP contribution >= 0.6 is 0 Å². The number of aromatic nitrogens is 5. The van der Waals surface area contributed by atoms with Gasteiger partial charge in [0.2, 0.25) is 5.76 Å². The molecule has 1 aliphatic heterocycles. The van der Waals surface area contributed by atoms with Gasteiger partial charge in [-0.15, -0.1) is 0 Å². The maximum Gasteiger partial charge on any atom is 0.292 e. The molecule has 0 spiro atoms. The lowest BCUT2D eigenvalue weighted by Crippen LogP contribution is -2.41. The second-order valence-corrected chi connectivity index (χ2v) is 6.76. The number of fused-ring (bicyclic) bond motifs is 2. The van der Waals surface area contributed by atoms with Crippen LogP contribution in [0.5, 0.6) is 0 Å². The van der Waals surface area contributed by atoms with E-state index in [-0.39, 0.29) is 17.7 Å². The number of rotatable bonds is 2. The van der Waals surface area contributed by atoms with Crippen molar-refractivity contribution < 1.29 is 9.21 Å². The maximum atomic E-state index is 13.2. The standard InChI is InChI=1S/C19H18N6O2/c1-11-4-3-5-13-8-15(23-25(11)13)17-16-14(20-9-21-16)6-7-24(17)19(26)18-12(2)22-10-27-18/h3-5,8-10,17H,6-7H2,1-2H3,(H,20,21)/t17-/m0/s1. The minimum Gasteiger partial charge on any atom is -0.438 e. The van der Waals surface area contributed by atoms with Gasteiger partial charge in [0.25, 0.3) is 5.91 Å². The number of nitrogens with zero attached hydrogens (tertiary/aromatic N) is 5. The first-order chi connectivity index (χ1) is 13.1. The zero-order valence-electron chi connectivity index (χ0n) is 15.0. The molecule has 8 heteroatoms. The average molecular weight is 362 g/mol. The first-order valence-electron chi connectivity index (χ1n) is 8.82. The van der Waals surface area contributed by atoms with Gasteiger partial charge in [0.1, 0.15) is 6.04 Å². The molecule has 4 aromatic rings. The van der Waals surface area contributed by atoms with Gasteiger partial charge < -0.3 is 14.3 Å². The van der Waals surface area contributed by atoms with E-state index in [1.165, 1.54) is 6.39 Å². The minimum absolute atomic E-state index is 0.197. The minimum atomic E-state index is -0.378. The van der Waals surface area contributed by atoms with Crippen molar-refractivity contribution in [2.45, 2.75) is 26.3 Å². The van der Waals surface area contributed by atoms with Gasteiger partial charge in [0, 0.05) is 24.4 Å². The van der Waals surface area contributed by atoms with Gasteiger partial charge in [-0.25, -0.2) is 14.5 Å². The number of amides is 1. The molecule has 5 heterocycles. The van der Waals surface area contributed by atoms with Crippen LogP contribution < -0.4 is 0 Å². The Kier molecular flexibility index (Phi) is 3.40. The molecule has 136 valence electrons. The molecule has 0 aromatic carbocycles. The third-order valence-corrected chi connectivity index (χ3v) is 5.10. The molecule has 0 saturated heterocycles. The highest BCUT2D eigenvalue weighted by molar-refractivity contribution is 5.93. The van der Waals surface area contributed by atoms with E-state index >= 15 is 0 Å². The summed E-state index contributed by atoms with van der Waals surface area (Å²) in [5.74, 6) is 0.0661. The molecule has 0 aliphatic carbocycles. The van der Waals surface area contributed by atoms with Gasteiger partial charge in [-0.3, -0.25) is 4.79 Å². The molecule has 1 amide bonds. The number of imidazole rings is 1. The first kappa shape index (κ1) is 15.8. The smallest absolute Gasteiger partial charge is 0.292 e. The highest BCUT2D eigenvalue weighted by atomic mass is 16.3. The van der Waals surface area contributed by atoms with Gasteiger partial charge in [-0.2, -0.15) is 5.10 Å². The van der Waals surface area contributed by atoms with E-state index in [0.717, 1.165) is 28.3 Å². The van der Waals surface area contributed by atoms with E-state index < -0.39 is 0 Å². The number of nitrogens with one attached hydrogen (secondary N) is 1. The van der Waals surface area contributed by atoms with E-state index in [1.807, 2.05) is 35.7 Å². The second kappa shape index (κ2) is 5.80. The Morgan fingerprint density at radius 1 is 1.30 bits per heavy atom. The Bertz CT molecular complexity index is 1150. The molecule has 0 saturated carbocycles. The van der Waals surface area contributed by atoms with Gasteiger partial charge in [-0.1, -0.05) is 6.07 Å². The molecule has 1 N–H and O–H groups in total. The Morgan fingerprint density at radius 2 is 2.19 bits per heavy atom. The lowest BCUT2D eigenvalue weighted by molar-refractivity contribution is 0.0653. The number of pyridine rings is 1. The van der Waals surface area contributed by atoms with Crippen molar-refractivity contribution in [3.05, 3.63) is 71.2 Å². The van der Waals surface area contributed by atoms with Crippen molar-refractivity contribution in [1.29, 1.82) is 0 Å². The van der Waals surface area contributed by atoms with Gasteiger partial charge in [0.05, 0.1) is 28.9 Å². The molecule has 0 fully saturated rings. The van der Waals surface area contributed by atoms with E-state index in [9.17, 15) is 4.79 Å². The monoisotopic (exact) mass is 362 g/mol. The van der Waals surface area contributed by atoms with E-state index in [2.05, 4.69) is 15.0 Å². The molecule has 0 radical (unpaired) electrons. The van der Waals surface area contributed by atoms with Crippen LogP contribution in [0.25, 0.3) is 5.52 Å². The lowest BCUT2D eigenvalue weighted by Gasteiger charge is -2.33. The van der Waals surface area contributed by atoms with Crippen LogP contribution in [0.15, 0.2) is 41.4 Å². The summed E-state index contributed by atoms with van der Waals surface area (Å²) in [7, 11) is 0. The van der Waals surface area contributed by atoms with Gasteiger partial charge in [0.15, 0.2) is 6.39 Å². The van der Waals surface area contributed by atoms with Gasteiger partial charge >= 0.3 is 0 Å². The zero-order valence-corrected chi connectivity index (χ0v) is 15.0. The first-order valence-corrected chi connectivity index (χ1v) is 8.82. The highest BCUT2D eigenvalue weighted by Gasteiger charge is 2.37. The summed E-state index contributed by atoms with van der Waals surface area (Å²) in [4.78, 5) is 26.7. The summed E-state index contributed by atoms with van der Waals surface area (Å²) in [5, 5.41) is 4.77. The molecule has 4 aromatic heterocycles. The quantitative estimate of drug-likeness (QED) is 0.591. The summed E-state index contributed by atoms with van der Waals surface area (Å²) < 4.78 is 7.24. The number of oxazole rings is 1. The summed E-state index contributed by atoms with van der Waals surface area (Å²) in [6, 6.07) is 7.64. The molecular weight excluding hydrogens is 344 g/mol. The van der Waals surface area contributed by atoms with Crippen LogP contribution in [-0.2, 0) is 6.42 Å². The van der Waals surface area contributed by atoms with Crippen molar-refractivity contribution in [2.24, 2.45) is 0 Å². The predicted molar refractivity (Wildman–Crippen MR) is 96.3 cm³/mol. The van der Waals surface area contributed by atoms with Crippen molar-refractivity contribution in [2.75, 3.05) is 6.54 Å². The van der Waals surface area contributed by atoms with Crippen LogP contribution in [0.3, 0.4) is 0 Å². The summed E-state index contributed by atoms with van der Waals surface area (Å²) in [6.07, 6.45) is 3.68. The Labute approximate surface area is 154 Å². The van der Waals surface area contributed by atoms with E-state index in [4.69, 9.17) is 9.52 Å². The van der Waals surface area contributed by atoms with Crippen LogP contribution in [0, 0.1) is 13.8 Å². The normalized spacial score (nSPS) is 16.7. The van der Waals surface area contributed by atoms with Crippen LogP contribution in [0.2, 0.25) is 0 Å². The fourth-order valence-corrected chi connectivity index (χ4v) is 3.74. The third kappa shape index (κ3) is 2.37. The molecule has 1 atom stereocenters. The Balaban J connectivity index is 1.66. The average Bonchev–Trinajstić information content (AvgIpc) is 3.39. The van der Waals surface area contributed by atoms with Crippen LogP contribution in [-0.4, -0.2) is 41.9 Å². The topological polar surface area (TPSA) is 92.3 Å². The number of aryl methyl sites for hydroxylation is 2. The van der Waals surface area contributed by atoms with E-state index in [1.54, 1.807) is 18.2 Å². The van der Waals surface area contributed by atoms with Crippen molar-refractivity contribution in [3.63, 3.8) is 0 Å². The Morgan fingerprint density at radius 3 is 2.96 bits per heavy atom. The van der Waals surface area contributed by atoms with E-state index in [0.29, 0.717) is 18.7 Å². The molecule has 5 rings (SSSR count). The van der Waals surface area contributed by atoms with Crippen molar-refractivity contribution >= 4 is 11.4 Å². The number of hydrogen-bond acceptors (Lipinski definition) is 5. The lowest BCUT2D eigenvalue weighted by atomic mass is 9.99. The fraction of sp³-hybridized carbons (Fsp3) is 0.263. The highest BCUT2D eigenvalue weighted by Crippen LogP contribution is 2.34. The van der Waals surface area contributed by atoms with Crippen LogP contribution in [0.1, 0.15) is 45.1 Å². The number of aromatic amines is 1. The number of carbonyl (C=O) groups excluding carboxylic acids is 1. The fourth-order valence-electron chi connectivity index (χ4n) is 3.74.